The van der Waals surface area contributed by atoms with Gasteiger partial charge in [0.2, 0.25) is 0 Å². The fourth-order valence-electron chi connectivity index (χ4n) is 3.58. The Bertz CT molecular complexity index is 914. The summed E-state index contributed by atoms with van der Waals surface area (Å²) < 4.78 is 6.08. The van der Waals surface area contributed by atoms with Crippen molar-refractivity contribution in [1.29, 1.82) is 0 Å². The van der Waals surface area contributed by atoms with Gasteiger partial charge in [0.15, 0.2) is 12.2 Å². The van der Waals surface area contributed by atoms with Crippen molar-refractivity contribution in [3.63, 3.8) is 0 Å². The molecule has 32 heavy (non-hydrogen) atoms. The molecule has 3 N–H and O–H groups in total. The summed E-state index contributed by atoms with van der Waals surface area (Å²) in [5, 5.41) is 23.2. The highest BCUT2D eigenvalue weighted by Crippen LogP contribution is 2.21. The van der Waals surface area contributed by atoms with E-state index in [0.717, 1.165) is 21.5 Å². The van der Waals surface area contributed by atoms with Crippen molar-refractivity contribution < 1.29 is 24.5 Å². The molecule has 2 amide bonds. The summed E-state index contributed by atoms with van der Waals surface area (Å²) in [5.41, 5.74) is 1.85. The molecule has 1 aliphatic heterocycles. The number of carbonyl (C=O) groups excluding carboxylic acids is 2. The van der Waals surface area contributed by atoms with E-state index in [4.69, 9.17) is 4.74 Å². The maximum atomic E-state index is 12.7. The monoisotopic (exact) mass is 505 g/mol. The Morgan fingerprint density at radius 2 is 1.56 bits per heavy atom. The zero-order chi connectivity index (χ0) is 23.3. The van der Waals surface area contributed by atoms with E-state index in [1.54, 1.807) is 14.0 Å². The molecule has 9 heteroatoms. The molecule has 0 aromatic heterocycles. The minimum absolute atomic E-state index is 0.381. The largest absolute Gasteiger partial charge is 0.497 e. The topological polar surface area (TPSA) is 102 Å². The maximum Gasteiger partial charge on any atom is 0.254 e. The van der Waals surface area contributed by atoms with Crippen LogP contribution in [0.3, 0.4) is 0 Å². The van der Waals surface area contributed by atoms with Gasteiger partial charge in [-0.25, -0.2) is 0 Å². The first kappa shape index (κ1) is 24.0. The Morgan fingerprint density at radius 3 is 2.12 bits per heavy atom. The van der Waals surface area contributed by atoms with Crippen molar-refractivity contribution in [3.05, 3.63) is 58.6 Å². The lowest BCUT2D eigenvalue weighted by Crippen LogP contribution is -2.55. The molecule has 0 unspecified atom stereocenters. The van der Waals surface area contributed by atoms with E-state index in [1.807, 2.05) is 48.5 Å². The summed E-state index contributed by atoms with van der Waals surface area (Å²) >= 11 is 3.35. The van der Waals surface area contributed by atoms with Gasteiger partial charge in [-0.1, -0.05) is 28.1 Å². The SMILES string of the molecule is COc1ccc(N2CCN(C(=O)[C@H](O)[C@@H](O)C(=O)N[C@@H](C)c3ccc(Br)cc3)CC2)cc1. The van der Waals surface area contributed by atoms with Crippen LogP contribution < -0.4 is 15.0 Å². The van der Waals surface area contributed by atoms with Crippen molar-refractivity contribution in [2.24, 2.45) is 0 Å². The third-order valence-corrected chi connectivity index (χ3v) is 6.11. The number of hydrogen-bond acceptors (Lipinski definition) is 6. The Hall–Kier alpha value is -2.62. The minimum atomic E-state index is -1.85. The number of anilines is 1. The maximum absolute atomic E-state index is 12.7. The molecule has 1 fully saturated rings. The number of hydrogen-bond donors (Lipinski definition) is 3. The van der Waals surface area contributed by atoms with Gasteiger partial charge in [0.25, 0.3) is 11.8 Å². The quantitative estimate of drug-likeness (QED) is 0.529. The average Bonchev–Trinajstić information content (AvgIpc) is 2.83. The number of benzene rings is 2. The lowest BCUT2D eigenvalue weighted by Gasteiger charge is -2.37. The molecule has 172 valence electrons. The summed E-state index contributed by atoms with van der Waals surface area (Å²) in [5.74, 6) is -0.677. The highest BCUT2D eigenvalue weighted by molar-refractivity contribution is 9.10. The molecule has 8 nitrogen and oxygen atoms in total. The van der Waals surface area contributed by atoms with E-state index >= 15 is 0 Å². The number of piperazine rings is 1. The van der Waals surface area contributed by atoms with Crippen LogP contribution in [-0.4, -0.2) is 72.4 Å². The second-order valence-corrected chi connectivity index (χ2v) is 8.60. The fraction of sp³-hybridized carbons (Fsp3) is 0.391. The van der Waals surface area contributed by atoms with Gasteiger partial charge >= 0.3 is 0 Å². The third-order valence-electron chi connectivity index (χ3n) is 5.58. The lowest BCUT2D eigenvalue weighted by atomic mass is 10.1. The Labute approximate surface area is 195 Å². The van der Waals surface area contributed by atoms with E-state index in [1.165, 1.54) is 4.90 Å². The minimum Gasteiger partial charge on any atom is -0.497 e. The molecule has 0 bridgehead atoms. The van der Waals surface area contributed by atoms with Crippen LogP contribution >= 0.6 is 15.9 Å². The molecule has 0 radical (unpaired) electrons. The first-order chi connectivity index (χ1) is 15.3. The van der Waals surface area contributed by atoms with E-state index in [0.29, 0.717) is 26.2 Å². The lowest BCUT2D eigenvalue weighted by molar-refractivity contribution is -0.153. The summed E-state index contributed by atoms with van der Waals surface area (Å²) in [4.78, 5) is 28.6. The van der Waals surface area contributed by atoms with Gasteiger partial charge in [0.1, 0.15) is 5.75 Å². The number of ether oxygens (including phenoxy) is 1. The van der Waals surface area contributed by atoms with Crippen LogP contribution in [0.1, 0.15) is 18.5 Å². The number of amides is 2. The van der Waals surface area contributed by atoms with Crippen LogP contribution in [-0.2, 0) is 9.59 Å². The number of nitrogens with one attached hydrogen (secondary N) is 1. The van der Waals surface area contributed by atoms with E-state index in [2.05, 4.69) is 26.1 Å². The molecule has 0 aliphatic carbocycles. The number of aliphatic hydroxyl groups is 2. The molecule has 1 aliphatic rings. The van der Waals surface area contributed by atoms with E-state index in [9.17, 15) is 19.8 Å². The van der Waals surface area contributed by atoms with Crippen molar-refractivity contribution >= 4 is 33.4 Å². The summed E-state index contributed by atoms with van der Waals surface area (Å²) in [7, 11) is 1.61. The molecular weight excluding hydrogens is 478 g/mol. The number of carbonyl (C=O) groups is 2. The third kappa shape index (κ3) is 5.79. The van der Waals surface area contributed by atoms with Crippen LogP contribution in [0.2, 0.25) is 0 Å². The molecule has 2 aromatic rings. The Balaban J connectivity index is 1.51. The van der Waals surface area contributed by atoms with Gasteiger partial charge in [0, 0.05) is 36.3 Å². The second-order valence-electron chi connectivity index (χ2n) is 7.68. The van der Waals surface area contributed by atoms with Gasteiger partial charge in [-0.3, -0.25) is 9.59 Å². The van der Waals surface area contributed by atoms with Crippen LogP contribution in [0.25, 0.3) is 0 Å². The number of methoxy groups -OCH3 is 1. The summed E-state index contributed by atoms with van der Waals surface area (Å²) in [6.07, 6.45) is -3.67. The number of halogens is 1. The fourth-order valence-corrected chi connectivity index (χ4v) is 3.84. The highest BCUT2D eigenvalue weighted by Gasteiger charge is 2.35. The first-order valence-corrected chi connectivity index (χ1v) is 11.2. The second kappa shape index (κ2) is 10.8. The summed E-state index contributed by atoms with van der Waals surface area (Å²) in [6, 6.07) is 14.6. The zero-order valence-electron chi connectivity index (χ0n) is 18.1. The predicted octanol–water partition coefficient (Wildman–Crippen LogP) is 1.71. The van der Waals surface area contributed by atoms with Crippen LogP contribution in [0.4, 0.5) is 5.69 Å². The van der Waals surface area contributed by atoms with Crippen LogP contribution in [0, 0.1) is 0 Å². The molecule has 1 saturated heterocycles. The standard InChI is InChI=1S/C23H28BrN3O5/c1-15(16-3-5-17(24)6-4-16)25-22(30)20(28)21(29)23(31)27-13-11-26(12-14-27)18-7-9-19(32-2)10-8-18/h3-10,15,20-21,28-29H,11-14H2,1-2H3,(H,25,30)/t15-,20+,21+/m0/s1. The predicted molar refractivity (Wildman–Crippen MR) is 125 cm³/mol. The van der Waals surface area contributed by atoms with Crippen LogP contribution in [0.5, 0.6) is 5.75 Å². The number of rotatable bonds is 7. The molecule has 0 saturated carbocycles. The normalized spacial score (nSPS) is 16.8. The van der Waals surface area contributed by atoms with E-state index < -0.39 is 24.0 Å². The van der Waals surface area contributed by atoms with E-state index in [-0.39, 0.29) is 6.04 Å². The van der Waals surface area contributed by atoms with Gasteiger partial charge < -0.3 is 30.1 Å². The zero-order valence-corrected chi connectivity index (χ0v) is 19.7. The Kier molecular flexibility index (Phi) is 8.11. The summed E-state index contributed by atoms with van der Waals surface area (Å²) in [6.45, 7) is 3.68. The van der Waals surface area contributed by atoms with Crippen LogP contribution in [0.15, 0.2) is 53.0 Å². The van der Waals surface area contributed by atoms with Gasteiger partial charge in [-0.2, -0.15) is 0 Å². The highest BCUT2D eigenvalue weighted by atomic mass is 79.9. The number of aliphatic hydroxyl groups excluding tert-OH is 2. The average molecular weight is 506 g/mol. The molecule has 1 heterocycles. The van der Waals surface area contributed by atoms with Gasteiger partial charge in [-0.15, -0.1) is 0 Å². The van der Waals surface area contributed by atoms with Gasteiger partial charge in [0.05, 0.1) is 13.2 Å². The molecule has 3 rings (SSSR count). The smallest absolute Gasteiger partial charge is 0.254 e. The van der Waals surface area contributed by atoms with Crippen molar-refractivity contribution in [2.45, 2.75) is 25.2 Å². The first-order valence-electron chi connectivity index (χ1n) is 10.4. The van der Waals surface area contributed by atoms with Crippen molar-refractivity contribution in [3.8, 4) is 5.75 Å². The molecule has 3 atom stereocenters. The van der Waals surface area contributed by atoms with Crippen molar-refractivity contribution in [2.75, 3.05) is 38.2 Å². The number of nitrogens with zero attached hydrogens (tertiary/aromatic N) is 2. The van der Waals surface area contributed by atoms with Crippen molar-refractivity contribution in [1.82, 2.24) is 10.2 Å². The molecule has 0 spiro atoms. The van der Waals surface area contributed by atoms with Gasteiger partial charge in [-0.05, 0) is 48.9 Å². The molecule has 2 aromatic carbocycles. The molecular formula is C23H28BrN3O5. The Morgan fingerprint density at radius 1 is 0.969 bits per heavy atom.